The van der Waals surface area contributed by atoms with E-state index >= 15 is 0 Å². The van der Waals surface area contributed by atoms with Crippen LogP contribution in [0.1, 0.15) is 52.5 Å². The molecular formula is C29H31N3O4. The van der Waals surface area contributed by atoms with Crippen molar-refractivity contribution in [1.82, 2.24) is 14.9 Å². The Bertz CT molecular complexity index is 1460. The molecule has 2 aromatic heterocycles. The zero-order valence-electron chi connectivity index (χ0n) is 21.1. The van der Waals surface area contributed by atoms with Crippen LogP contribution in [0, 0.1) is 0 Å². The fourth-order valence-corrected chi connectivity index (χ4v) is 4.79. The molecule has 4 aromatic rings. The van der Waals surface area contributed by atoms with Gasteiger partial charge in [0.15, 0.2) is 0 Å². The molecule has 0 bridgehead atoms. The molecule has 1 fully saturated rings. The Morgan fingerprint density at radius 3 is 2.36 bits per heavy atom. The van der Waals surface area contributed by atoms with E-state index in [4.69, 9.17) is 9.15 Å². The van der Waals surface area contributed by atoms with Gasteiger partial charge in [0.25, 0.3) is 5.56 Å². The molecule has 1 amide bonds. The lowest BCUT2D eigenvalue weighted by molar-refractivity contribution is 0.0377. The number of nitrogens with zero attached hydrogens (tertiary/aromatic N) is 2. The second-order valence-electron chi connectivity index (χ2n) is 10.3. The number of hydrogen-bond acceptors (Lipinski definition) is 5. The standard InChI is InChI=1S/C29H31N3O4/c1-5-32-18-30-25-23(26(32)33)22(19-10-7-6-8-11-19)24(35-25)20-12-14-21(15-13-20)29(16-9-17-29)31-27(34)36-28(2,3)4/h6-8,10-15,18H,5,9,16-17H2,1-4H3,(H,31,34). The number of ether oxygens (including phenoxy) is 1. The first-order valence-corrected chi connectivity index (χ1v) is 12.4. The number of rotatable bonds is 5. The van der Waals surface area contributed by atoms with Crippen molar-refractivity contribution in [2.45, 2.75) is 64.6 Å². The first kappa shape index (κ1) is 23.9. The molecule has 1 aliphatic rings. The molecule has 186 valence electrons. The summed E-state index contributed by atoms with van der Waals surface area (Å²) in [5, 5.41) is 3.58. The normalized spacial score (nSPS) is 14.9. The van der Waals surface area contributed by atoms with E-state index in [1.807, 2.05) is 82.3 Å². The molecule has 0 spiro atoms. The Hall–Kier alpha value is -3.87. The molecule has 2 aromatic carbocycles. The van der Waals surface area contributed by atoms with E-state index < -0.39 is 17.2 Å². The molecule has 5 rings (SSSR count). The van der Waals surface area contributed by atoms with Gasteiger partial charge in [0.05, 0.1) is 5.54 Å². The summed E-state index contributed by atoms with van der Waals surface area (Å²) < 4.78 is 13.3. The predicted octanol–water partition coefficient (Wildman–Crippen LogP) is 6.25. The van der Waals surface area contributed by atoms with E-state index in [0.717, 1.165) is 41.5 Å². The Morgan fingerprint density at radius 1 is 1.08 bits per heavy atom. The number of furan rings is 1. The fraction of sp³-hybridized carbons (Fsp3) is 0.345. The summed E-state index contributed by atoms with van der Waals surface area (Å²) in [6, 6.07) is 17.8. The number of hydrogen-bond donors (Lipinski definition) is 1. The van der Waals surface area contributed by atoms with Gasteiger partial charge >= 0.3 is 6.09 Å². The first-order chi connectivity index (χ1) is 17.2. The monoisotopic (exact) mass is 485 g/mol. The summed E-state index contributed by atoms with van der Waals surface area (Å²) in [5.74, 6) is 0.601. The molecule has 1 aliphatic carbocycles. The van der Waals surface area contributed by atoms with Crippen LogP contribution in [0.15, 0.2) is 70.1 Å². The number of carbonyl (C=O) groups excluding carboxylic acids is 1. The van der Waals surface area contributed by atoms with E-state index in [0.29, 0.717) is 23.4 Å². The first-order valence-electron chi connectivity index (χ1n) is 12.4. The van der Waals surface area contributed by atoms with Crippen LogP contribution in [0.4, 0.5) is 4.79 Å². The Kier molecular flexibility index (Phi) is 5.94. The van der Waals surface area contributed by atoms with Crippen molar-refractivity contribution < 1.29 is 13.9 Å². The Labute approximate surface area is 210 Å². The molecular weight excluding hydrogens is 454 g/mol. The van der Waals surface area contributed by atoms with Gasteiger partial charge in [-0.05, 0) is 58.1 Å². The van der Waals surface area contributed by atoms with Gasteiger partial charge in [-0.15, -0.1) is 0 Å². The summed E-state index contributed by atoms with van der Waals surface area (Å²) in [5.41, 5.74) is 2.70. The highest BCUT2D eigenvalue weighted by atomic mass is 16.6. The van der Waals surface area contributed by atoms with Crippen molar-refractivity contribution in [2.75, 3.05) is 0 Å². The summed E-state index contributed by atoms with van der Waals surface area (Å²) in [4.78, 5) is 30.2. The maximum Gasteiger partial charge on any atom is 0.408 e. The maximum atomic E-state index is 13.2. The topological polar surface area (TPSA) is 86.4 Å². The van der Waals surface area contributed by atoms with Crippen molar-refractivity contribution in [3.8, 4) is 22.5 Å². The molecule has 1 saturated carbocycles. The number of fused-ring (bicyclic) bond motifs is 1. The summed E-state index contributed by atoms with van der Waals surface area (Å²) in [6.07, 6.45) is 3.86. The van der Waals surface area contributed by atoms with Crippen LogP contribution in [-0.2, 0) is 16.8 Å². The van der Waals surface area contributed by atoms with Gasteiger partial charge in [0, 0.05) is 17.7 Å². The Balaban J connectivity index is 1.56. The van der Waals surface area contributed by atoms with Crippen LogP contribution in [0.5, 0.6) is 0 Å². The largest absolute Gasteiger partial charge is 0.444 e. The van der Waals surface area contributed by atoms with Crippen LogP contribution in [0.3, 0.4) is 0 Å². The van der Waals surface area contributed by atoms with Crippen molar-refractivity contribution >= 4 is 17.2 Å². The lowest BCUT2D eigenvalue weighted by Gasteiger charge is -2.43. The van der Waals surface area contributed by atoms with E-state index in [9.17, 15) is 9.59 Å². The second-order valence-corrected chi connectivity index (χ2v) is 10.3. The molecule has 0 atom stereocenters. The van der Waals surface area contributed by atoms with Crippen LogP contribution in [0.2, 0.25) is 0 Å². The molecule has 7 nitrogen and oxygen atoms in total. The number of aryl methyl sites for hydroxylation is 1. The van der Waals surface area contributed by atoms with Gasteiger partial charge in [-0.25, -0.2) is 9.78 Å². The fourth-order valence-electron chi connectivity index (χ4n) is 4.79. The van der Waals surface area contributed by atoms with Gasteiger partial charge < -0.3 is 14.5 Å². The van der Waals surface area contributed by atoms with Gasteiger partial charge in [0.2, 0.25) is 5.71 Å². The van der Waals surface area contributed by atoms with E-state index in [1.165, 1.54) is 6.33 Å². The molecule has 36 heavy (non-hydrogen) atoms. The quantitative estimate of drug-likeness (QED) is 0.361. The lowest BCUT2D eigenvalue weighted by atomic mass is 9.71. The third-order valence-electron chi connectivity index (χ3n) is 6.73. The minimum absolute atomic E-state index is 0.122. The number of amides is 1. The minimum atomic E-state index is -0.557. The third kappa shape index (κ3) is 4.30. The molecule has 1 N–H and O–H groups in total. The van der Waals surface area contributed by atoms with Crippen molar-refractivity contribution in [3.63, 3.8) is 0 Å². The SMILES string of the molecule is CCn1cnc2oc(-c3ccc(C4(NC(=O)OC(C)(C)C)CCC4)cc3)c(-c3ccccc3)c2c1=O. The van der Waals surface area contributed by atoms with Crippen molar-refractivity contribution in [3.05, 3.63) is 76.8 Å². The van der Waals surface area contributed by atoms with Crippen LogP contribution >= 0.6 is 0 Å². The van der Waals surface area contributed by atoms with E-state index in [2.05, 4.69) is 10.3 Å². The highest BCUT2D eigenvalue weighted by Gasteiger charge is 2.41. The lowest BCUT2D eigenvalue weighted by Crippen LogP contribution is -2.52. The summed E-state index contributed by atoms with van der Waals surface area (Å²) in [7, 11) is 0. The zero-order valence-corrected chi connectivity index (χ0v) is 21.1. The second kappa shape index (κ2) is 8.97. The zero-order chi connectivity index (χ0) is 25.5. The number of carbonyl (C=O) groups is 1. The molecule has 0 aliphatic heterocycles. The average Bonchev–Trinajstić information content (AvgIpc) is 3.22. The highest BCUT2D eigenvalue weighted by molar-refractivity contribution is 5.99. The Morgan fingerprint density at radius 2 is 1.78 bits per heavy atom. The van der Waals surface area contributed by atoms with Crippen molar-refractivity contribution in [1.29, 1.82) is 0 Å². The third-order valence-corrected chi connectivity index (χ3v) is 6.73. The average molecular weight is 486 g/mol. The van der Waals surface area contributed by atoms with E-state index in [-0.39, 0.29) is 5.56 Å². The summed E-state index contributed by atoms with van der Waals surface area (Å²) in [6.45, 7) is 8.01. The summed E-state index contributed by atoms with van der Waals surface area (Å²) >= 11 is 0. The number of benzene rings is 2. The molecule has 7 heteroatoms. The van der Waals surface area contributed by atoms with Crippen LogP contribution in [-0.4, -0.2) is 21.2 Å². The van der Waals surface area contributed by atoms with Crippen LogP contribution < -0.4 is 10.9 Å². The van der Waals surface area contributed by atoms with Gasteiger partial charge in [0.1, 0.15) is 23.1 Å². The molecule has 0 unspecified atom stereocenters. The van der Waals surface area contributed by atoms with Crippen molar-refractivity contribution in [2.24, 2.45) is 0 Å². The van der Waals surface area contributed by atoms with Gasteiger partial charge in [-0.2, -0.15) is 0 Å². The van der Waals surface area contributed by atoms with E-state index in [1.54, 1.807) is 4.57 Å². The number of aromatic nitrogens is 2. The molecule has 2 heterocycles. The highest BCUT2D eigenvalue weighted by Crippen LogP contribution is 2.43. The van der Waals surface area contributed by atoms with Crippen LogP contribution in [0.25, 0.3) is 33.6 Å². The predicted molar refractivity (Wildman–Crippen MR) is 140 cm³/mol. The number of alkyl carbamates (subject to hydrolysis) is 1. The number of nitrogens with one attached hydrogen (secondary N) is 1. The van der Waals surface area contributed by atoms with Gasteiger partial charge in [-0.1, -0.05) is 54.6 Å². The maximum absolute atomic E-state index is 13.2. The smallest absolute Gasteiger partial charge is 0.408 e. The molecule has 0 radical (unpaired) electrons. The van der Waals surface area contributed by atoms with Gasteiger partial charge in [-0.3, -0.25) is 9.36 Å². The minimum Gasteiger partial charge on any atom is -0.444 e. The molecule has 0 saturated heterocycles.